The number of rotatable bonds is 4. The molecule has 2 aromatic carbocycles. The van der Waals surface area contributed by atoms with Gasteiger partial charge in [-0.15, -0.1) is 0 Å². The molecule has 0 saturated carbocycles. The molecule has 0 aliphatic carbocycles. The highest BCUT2D eigenvalue weighted by molar-refractivity contribution is 5.81. The van der Waals surface area contributed by atoms with Crippen LogP contribution in [0.3, 0.4) is 0 Å². The zero-order chi connectivity index (χ0) is 20.3. The molecule has 1 aliphatic heterocycles. The molecule has 1 N–H and O–H groups in total. The molecule has 28 heavy (non-hydrogen) atoms. The van der Waals surface area contributed by atoms with Crippen molar-refractivity contribution >= 4 is 17.9 Å². The Morgan fingerprint density at radius 2 is 1.75 bits per heavy atom. The Morgan fingerprint density at radius 3 is 2.39 bits per heavy atom. The number of nitrogens with one attached hydrogen (secondary N) is 1. The number of carbonyl (C=O) groups is 2. The molecule has 0 saturated heterocycles. The highest BCUT2D eigenvalue weighted by Gasteiger charge is 2.30. The van der Waals surface area contributed by atoms with Crippen molar-refractivity contribution in [2.24, 2.45) is 0 Å². The van der Waals surface area contributed by atoms with Crippen molar-refractivity contribution in [1.82, 2.24) is 10.2 Å². The molecule has 146 valence electrons. The van der Waals surface area contributed by atoms with E-state index in [9.17, 15) is 22.8 Å². The second-order valence-electron chi connectivity index (χ2n) is 6.56. The van der Waals surface area contributed by atoms with E-state index in [2.05, 4.69) is 5.32 Å². The van der Waals surface area contributed by atoms with Crippen LogP contribution in [0.15, 0.2) is 54.7 Å². The molecular formula is C21H19F3N2O2. The Labute approximate surface area is 160 Å². The summed E-state index contributed by atoms with van der Waals surface area (Å²) in [6.45, 7) is 1.55. The van der Waals surface area contributed by atoms with E-state index in [4.69, 9.17) is 0 Å². The van der Waals surface area contributed by atoms with E-state index in [-0.39, 0.29) is 24.8 Å². The topological polar surface area (TPSA) is 49.4 Å². The fraction of sp³-hybridized carbons (Fsp3) is 0.238. The molecule has 0 bridgehead atoms. The van der Waals surface area contributed by atoms with Gasteiger partial charge >= 0.3 is 6.18 Å². The highest BCUT2D eigenvalue weighted by atomic mass is 19.4. The number of amides is 2. The number of hydrogen-bond donors (Lipinski definition) is 1. The van der Waals surface area contributed by atoms with Crippen molar-refractivity contribution in [1.29, 1.82) is 0 Å². The fourth-order valence-corrected chi connectivity index (χ4v) is 3.17. The van der Waals surface area contributed by atoms with Gasteiger partial charge in [0.2, 0.25) is 11.8 Å². The van der Waals surface area contributed by atoms with Crippen LogP contribution in [0.2, 0.25) is 0 Å². The molecule has 7 heteroatoms. The first kappa shape index (κ1) is 19.7. The third-order valence-electron chi connectivity index (χ3n) is 4.62. The Kier molecular flexibility index (Phi) is 5.53. The number of benzene rings is 2. The van der Waals surface area contributed by atoms with Gasteiger partial charge < -0.3 is 10.2 Å². The SMILES string of the molecule is CC(=O)N1C=Cc2ccccc2C1CC(=O)NCc1ccc(C(F)(F)F)cc1. The van der Waals surface area contributed by atoms with Crippen molar-refractivity contribution in [3.63, 3.8) is 0 Å². The largest absolute Gasteiger partial charge is 0.416 e. The quantitative estimate of drug-likeness (QED) is 0.850. The Hall–Kier alpha value is -3.09. The maximum absolute atomic E-state index is 12.6. The number of hydrogen-bond acceptors (Lipinski definition) is 2. The van der Waals surface area contributed by atoms with E-state index >= 15 is 0 Å². The van der Waals surface area contributed by atoms with Gasteiger partial charge in [0.25, 0.3) is 0 Å². The molecule has 0 radical (unpaired) electrons. The number of halogens is 3. The van der Waals surface area contributed by atoms with Gasteiger partial charge in [0.15, 0.2) is 0 Å². The third kappa shape index (κ3) is 4.42. The number of nitrogens with zero attached hydrogens (tertiary/aromatic N) is 1. The van der Waals surface area contributed by atoms with E-state index < -0.39 is 17.8 Å². The average molecular weight is 388 g/mol. The van der Waals surface area contributed by atoms with Crippen molar-refractivity contribution in [3.05, 3.63) is 77.0 Å². The second-order valence-corrected chi connectivity index (χ2v) is 6.56. The van der Waals surface area contributed by atoms with Crippen LogP contribution in [0.5, 0.6) is 0 Å². The summed E-state index contributed by atoms with van der Waals surface area (Å²) in [6.07, 6.45) is -0.840. The van der Waals surface area contributed by atoms with Gasteiger partial charge in [-0.2, -0.15) is 13.2 Å². The summed E-state index contributed by atoms with van der Waals surface area (Å²) in [5, 5.41) is 2.71. The van der Waals surface area contributed by atoms with Crippen molar-refractivity contribution in [2.45, 2.75) is 32.1 Å². The zero-order valence-corrected chi connectivity index (χ0v) is 15.2. The average Bonchev–Trinajstić information content (AvgIpc) is 2.66. The fourth-order valence-electron chi connectivity index (χ4n) is 3.17. The van der Waals surface area contributed by atoms with Gasteiger partial charge in [-0.25, -0.2) is 0 Å². The van der Waals surface area contributed by atoms with E-state index in [1.54, 1.807) is 6.20 Å². The van der Waals surface area contributed by atoms with Gasteiger partial charge in [0, 0.05) is 19.7 Å². The predicted octanol–water partition coefficient (Wildman–Crippen LogP) is 4.29. The molecule has 1 aliphatic rings. The maximum atomic E-state index is 12.6. The van der Waals surface area contributed by atoms with Gasteiger partial charge in [-0.3, -0.25) is 9.59 Å². The van der Waals surface area contributed by atoms with Crippen LogP contribution in [0.25, 0.3) is 6.08 Å². The van der Waals surface area contributed by atoms with Crippen LogP contribution < -0.4 is 5.32 Å². The van der Waals surface area contributed by atoms with Crippen LogP contribution in [-0.2, 0) is 22.3 Å². The number of alkyl halides is 3. The van der Waals surface area contributed by atoms with Gasteiger partial charge in [0.05, 0.1) is 18.0 Å². The van der Waals surface area contributed by atoms with Crippen LogP contribution >= 0.6 is 0 Å². The lowest BCUT2D eigenvalue weighted by Gasteiger charge is -2.32. The summed E-state index contributed by atoms with van der Waals surface area (Å²) < 4.78 is 37.8. The van der Waals surface area contributed by atoms with Crippen LogP contribution in [0, 0.1) is 0 Å². The summed E-state index contributed by atoms with van der Waals surface area (Å²) in [6, 6.07) is 11.7. The van der Waals surface area contributed by atoms with Crippen LogP contribution in [0.1, 0.15) is 41.6 Å². The Balaban J connectivity index is 1.66. The minimum Gasteiger partial charge on any atom is -0.352 e. The summed E-state index contributed by atoms with van der Waals surface area (Å²) in [7, 11) is 0. The second kappa shape index (κ2) is 7.88. The monoisotopic (exact) mass is 388 g/mol. The first-order valence-corrected chi connectivity index (χ1v) is 8.74. The molecule has 4 nitrogen and oxygen atoms in total. The van der Waals surface area contributed by atoms with Crippen molar-refractivity contribution in [3.8, 4) is 0 Å². The van der Waals surface area contributed by atoms with E-state index in [1.807, 2.05) is 30.3 Å². The summed E-state index contributed by atoms with van der Waals surface area (Å²) >= 11 is 0. The van der Waals surface area contributed by atoms with Crippen molar-refractivity contribution < 1.29 is 22.8 Å². The van der Waals surface area contributed by atoms with E-state index in [0.717, 1.165) is 23.3 Å². The smallest absolute Gasteiger partial charge is 0.352 e. The first-order chi connectivity index (χ1) is 13.3. The molecule has 1 unspecified atom stereocenters. The Morgan fingerprint density at radius 1 is 1.07 bits per heavy atom. The minimum absolute atomic E-state index is 0.0571. The zero-order valence-electron chi connectivity index (χ0n) is 15.2. The molecule has 1 heterocycles. The van der Waals surface area contributed by atoms with E-state index in [1.165, 1.54) is 24.0 Å². The van der Waals surface area contributed by atoms with Gasteiger partial charge in [-0.05, 0) is 34.9 Å². The summed E-state index contributed by atoms with van der Waals surface area (Å²) in [5.74, 6) is -0.465. The van der Waals surface area contributed by atoms with E-state index in [0.29, 0.717) is 5.56 Å². The standard InChI is InChI=1S/C21H19F3N2O2/c1-14(27)26-11-10-16-4-2-3-5-18(16)19(26)12-20(28)25-13-15-6-8-17(9-7-15)21(22,23)24/h2-11,19H,12-13H2,1H3,(H,25,28). The first-order valence-electron chi connectivity index (χ1n) is 8.74. The number of carbonyl (C=O) groups excluding carboxylic acids is 2. The van der Waals surface area contributed by atoms with Crippen LogP contribution in [0.4, 0.5) is 13.2 Å². The summed E-state index contributed by atoms with van der Waals surface area (Å²) in [5.41, 5.74) is 1.66. The molecule has 1 atom stereocenters. The molecule has 0 spiro atoms. The van der Waals surface area contributed by atoms with Gasteiger partial charge in [0.1, 0.15) is 0 Å². The molecule has 0 aromatic heterocycles. The Bertz CT molecular complexity index is 905. The predicted molar refractivity (Wildman–Crippen MR) is 98.6 cm³/mol. The molecule has 0 fully saturated rings. The maximum Gasteiger partial charge on any atom is 0.416 e. The normalized spacial score (nSPS) is 15.9. The molecule has 2 aromatic rings. The lowest BCUT2D eigenvalue weighted by molar-refractivity contribution is -0.137. The summed E-state index contributed by atoms with van der Waals surface area (Å²) in [4.78, 5) is 25.9. The molecule has 2 amide bonds. The third-order valence-corrected chi connectivity index (χ3v) is 4.62. The molecular weight excluding hydrogens is 369 g/mol. The van der Waals surface area contributed by atoms with Crippen LogP contribution in [-0.4, -0.2) is 16.7 Å². The minimum atomic E-state index is -4.39. The highest BCUT2D eigenvalue weighted by Crippen LogP contribution is 2.33. The van der Waals surface area contributed by atoms with Crippen molar-refractivity contribution in [2.75, 3.05) is 0 Å². The lowest BCUT2D eigenvalue weighted by Crippen LogP contribution is -2.35. The number of fused-ring (bicyclic) bond motifs is 1. The molecule has 3 rings (SSSR count). The van der Waals surface area contributed by atoms with Gasteiger partial charge in [-0.1, -0.05) is 36.4 Å². The lowest BCUT2D eigenvalue weighted by atomic mass is 9.93.